The van der Waals surface area contributed by atoms with E-state index in [1.807, 2.05) is 13.8 Å². The van der Waals surface area contributed by atoms with E-state index in [1.165, 1.54) is 0 Å². The van der Waals surface area contributed by atoms with Crippen LogP contribution in [0.15, 0.2) is 18.3 Å². The molecule has 1 saturated heterocycles. The summed E-state index contributed by atoms with van der Waals surface area (Å²) in [7, 11) is 0. The third-order valence-electron chi connectivity index (χ3n) is 3.59. The first-order valence-corrected chi connectivity index (χ1v) is 6.87. The number of aliphatic hydroxyl groups is 1. The molecule has 1 aliphatic rings. The average molecular weight is 279 g/mol. The lowest BCUT2D eigenvalue weighted by atomic mass is 9.96. The van der Waals surface area contributed by atoms with Gasteiger partial charge in [0.05, 0.1) is 6.10 Å². The zero-order chi connectivity index (χ0) is 14.6. The predicted octanol–water partition coefficient (Wildman–Crippen LogP) is 0.783. The Morgan fingerprint density at radius 1 is 1.65 bits per heavy atom. The topological polar surface area (TPSA) is 83.5 Å². The van der Waals surface area contributed by atoms with Gasteiger partial charge in [-0.15, -0.1) is 0 Å². The summed E-state index contributed by atoms with van der Waals surface area (Å²) < 4.78 is 5.38. The van der Waals surface area contributed by atoms with Crippen LogP contribution in [0.4, 0.5) is 5.69 Å². The molecule has 1 fully saturated rings. The fourth-order valence-corrected chi connectivity index (χ4v) is 2.17. The van der Waals surface area contributed by atoms with Gasteiger partial charge >= 0.3 is 0 Å². The molecule has 20 heavy (non-hydrogen) atoms. The van der Waals surface area contributed by atoms with Gasteiger partial charge in [-0.3, -0.25) is 9.78 Å². The normalized spacial score (nSPS) is 25.4. The molecule has 0 spiro atoms. The SMILES string of the molecule is CCNC(=O)c1cc(NCC2(O)CCOC2C)ccn1. The lowest BCUT2D eigenvalue weighted by Crippen LogP contribution is -2.43. The fourth-order valence-electron chi connectivity index (χ4n) is 2.17. The molecule has 6 heteroatoms. The Bertz CT molecular complexity index is 480. The van der Waals surface area contributed by atoms with Gasteiger partial charge in [-0.25, -0.2) is 0 Å². The summed E-state index contributed by atoms with van der Waals surface area (Å²) in [6.07, 6.45) is 1.99. The van der Waals surface area contributed by atoms with Gasteiger partial charge in [-0.1, -0.05) is 0 Å². The summed E-state index contributed by atoms with van der Waals surface area (Å²) >= 11 is 0. The molecule has 2 rings (SSSR count). The van der Waals surface area contributed by atoms with E-state index in [1.54, 1.807) is 18.3 Å². The molecule has 1 aromatic heterocycles. The quantitative estimate of drug-likeness (QED) is 0.742. The highest BCUT2D eigenvalue weighted by atomic mass is 16.5. The van der Waals surface area contributed by atoms with E-state index < -0.39 is 5.60 Å². The van der Waals surface area contributed by atoms with Gasteiger partial charge in [0, 0.05) is 38.0 Å². The number of hydrogen-bond acceptors (Lipinski definition) is 5. The average Bonchev–Trinajstić information content (AvgIpc) is 2.78. The van der Waals surface area contributed by atoms with Crippen LogP contribution in [0.25, 0.3) is 0 Å². The van der Waals surface area contributed by atoms with Crippen LogP contribution in [0.1, 0.15) is 30.8 Å². The Labute approximate surface area is 118 Å². The minimum Gasteiger partial charge on any atom is -0.385 e. The summed E-state index contributed by atoms with van der Waals surface area (Å²) in [5.41, 5.74) is 0.253. The van der Waals surface area contributed by atoms with Gasteiger partial charge in [0.25, 0.3) is 5.91 Å². The molecule has 6 nitrogen and oxygen atoms in total. The maximum absolute atomic E-state index is 11.7. The molecular weight excluding hydrogens is 258 g/mol. The van der Waals surface area contributed by atoms with Gasteiger partial charge in [-0.2, -0.15) is 0 Å². The first-order valence-electron chi connectivity index (χ1n) is 6.87. The van der Waals surface area contributed by atoms with Crippen LogP contribution < -0.4 is 10.6 Å². The Morgan fingerprint density at radius 3 is 3.10 bits per heavy atom. The van der Waals surface area contributed by atoms with Crippen LogP contribution in [-0.4, -0.2) is 47.4 Å². The number of nitrogens with one attached hydrogen (secondary N) is 2. The molecule has 2 unspecified atom stereocenters. The molecule has 0 saturated carbocycles. The van der Waals surface area contributed by atoms with Crippen molar-refractivity contribution >= 4 is 11.6 Å². The number of pyridine rings is 1. The van der Waals surface area contributed by atoms with Crippen molar-refractivity contribution in [2.45, 2.75) is 32.0 Å². The van der Waals surface area contributed by atoms with Gasteiger partial charge in [0.15, 0.2) is 0 Å². The van der Waals surface area contributed by atoms with Crippen molar-refractivity contribution in [1.82, 2.24) is 10.3 Å². The largest absolute Gasteiger partial charge is 0.385 e. The summed E-state index contributed by atoms with van der Waals surface area (Å²) in [4.78, 5) is 15.7. The molecule has 1 amide bonds. The van der Waals surface area contributed by atoms with E-state index >= 15 is 0 Å². The zero-order valence-corrected chi connectivity index (χ0v) is 11.8. The van der Waals surface area contributed by atoms with Gasteiger partial charge < -0.3 is 20.5 Å². The lowest BCUT2D eigenvalue weighted by Gasteiger charge is -2.26. The molecule has 0 bridgehead atoms. The molecule has 0 aromatic carbocycles. The minimum atomic E-state index is -0.866. The first kappa shape index (κ1) is 14.7. The van der Waals surface area contributed by atoms with Gasteiger partial charge in [0.2, 0.25) is 0 Å². The van der Waals surface area contributed by atoms with Crippen molar-refractivity contribution in [3.8, 4) is 0 Å². The van der Waals surface area contributed by atoms with Gasteiger partial charge in [0.1, 0.15) is 11.3 Å². The minimum absolute atomic E-state index is 0.195. The third-order valence-corrected chi connectivity index (χ3v) is 3.59. The smallest absolute Gasteiger partial charge is 0.269 e. The molecule has 0 aliphatic carbocycles. The third kappa shape index (κ3) is 3.26. The van der Waals surface area contributed by atoms with Crippen LogP contribution in [-0.2, 0) is 4.74 Å². The summed E-state index contributed by atoms with van der Waals surface area (Å²) in [5.74, 6) is -0.201. The summed E-state index contributed by atoms with van der Waals surface area (Å²) in [6, 6.07) is 3.45. The van der Waals surface area contributed by atoms with E-state index in [0.29, 0.717) is 31.8 Å². The van der Waals surface area contributed by atoms with Crippen LogP contribution in [0.5, 0.6) is 0 Å². The maximum Gasteiger partial charge on any atom is 0.269 e. The first-order chi connectivity index (χ1) is 9.55. The monoisotopic (exact) mass is 279 g/mol. The van der Waals surface area contributed by atoms with E-state index in [9.17, 15) is 9.90 Å². The molecule has 3 N–H and O–H groups in total. The second kappa shape index (κ2) is 6.19. The molecule has 2 heterocycles. The van der Waals surface area contributed by atoms with E-state index in [4.69, 9.17) is 4.74 Å². The second-order valence-corrected chi connectivity index (χ2v) is 5.01. The van der Waals surface area contributed by atoms with Crippen molar-refractivity contribution < 1.29 is 14.6 Å². The number of ether oxygens (including phenoxy) is 1. The van der Waals surface area contributed by atoms with Crippen LogP contribution in [0.2, 0.25) is 0 Å². The molecule has 110 valence electrons. The molecule has 2 atom stereocenters. The summed E-state index contributed by atoms with van der Waals surface area (Å²) in [6.45, 7) is 5.23. The zero-order valence-electron chi connectivity index (χ0n) is 11.8. The highest BCUT2D eigenvalue weighted by Crippen LogP contribution is 2.26. The van der Waals surface area contributed by atoms with Crippen LogP contribution >= 0.6 is 0 Å². The number of aromatic nitrogens is 1. The summed E-state index contributed by atoms with van der Waals surface area (Å²) in [5, 5.41) is 16.2. The van der Waals surface area contributed by atoms with E-state index in [-0.39, 0.29) is 12.0 Å². The van der Waals surface area contributed by atoms with Crippen molar-refractivity contribution in [2.75, 3.05) is 25.0 Å². The lowest BCUT2D eigenvalue weighted by molar-refractivity contribution is -0.0175. The van der Waals surface area contributed by atoms with Crippen LogP contribution in [0, 0.1) is 0 Å². The Balaban J connectivity index is 2.00. The molecule has 1 aromatic rings. The number of carbonyl (C=O) groups is 1. The highest BCUT2D eigenvalue weighted by Gasteiger charge is 2.39. The fraction of sp³-hybridized carbons (Fsp3) is 0.571. The highest BCUT2D eigenvalue weighted by molar-refractivity contribution is 5.93. The number of hydrogen-bond donors (Lipinski definition) is 3. The molecular formula is C14H21N3O3. The van der Waals surface area contributed by atoms with E-state index in [2.05, 4.69) is 15.6 Å². The second-order valence-electron chi connectivity index (χ2n) is 5.01. The molecule has 0 radical (unpaired) electrons. The van der Waals surface area contributed by atoms with Crippen LogP contribution in [0.3, 0.4) is 0 Å². The molecule has 1 aliphatic heterocycles. The number of carbonyl (C=O) groups excluding carboxylic acids is 1. The van der Waals surface area contributed by atoms with Crippen molar-refractivity contribution in [3.05, 3.63) is 24.0 Å². The number of rotatable bonds is 5. The number of nitrogens with zero attached hydrogens (tertiary/aromatic N) is 1. The maximum atomic E-state index is 11.7. The standard InChI is InChI=1S/C14H21N3O3/c1-3-15-13(18)12-8-11(4-6-16-12)17-9-14(19)5-7-20-10(14)2/h4,6,8,10,19H,3,5,7,9H2,1-2H3,(H,15,18)(H,16,17). The van der Waals surface area contributed by atoms with Crippen molar-refractivity contribution in [3.63, 3.8) is 0 Å². The number of anilines is 1. The Morgan fingerprint density at radius 2 is 2.45 bits per heavy atom. The Hall–Kier alpha value is -1.66. The van der Waals surface area contributed by atoms with Gasteiger partial charge in [-0.05, 0) is 26.0 Å². The Kier molecular flexibility index (Phi) is 4.57. The predicted molar refractivity (Wildman–Crippen MR) is 75.7 cm³/mol. The van der Waals surface area contributed by atoms with E-state index in [0.717, 1.165) is 5.69 Å². The van der Waals surface area contributed by atoms with Crippen molar-refractivity contribution in [2.24, 2.45) is 0 Å². The number of amides is 1. The van der Waals surface area contributed by atoms with Crippen molar-refractivity contribution in [1.29, 1.82) is 0 Å².